The first-order chi connectivity index (χ1) is 15.2. The minimum absolute atomic E-state index is 0.00387. The van der Waals surface area contributed by atoms with Gasteiger partial charge in [-0.25, -0.2) is 8.42 Å². The van der Waals surface area contributed by atoms with Gasteiger partial charge in [-0.05, 0) is 60.9 Å². The molecule has 0 atom stereocenters. The van der Waals surface area contributed by atoms with E-state index in [0.29, 0.717) is 27.2 Å². The van der Waals surface area contributed by atoms with Crippen molar-refractivity contribution < 1.29 is 13.2 Å². The number of benzene rings is 3. The summed E-state index contributed by atoms with van der Waals surface area (Å²) in [7, 11) is -3.63. The molecule has 0 spiro atoms. The van der Waals surface area contributed by atoms with Gasteiger partial charge in [0.05, 0.1) is 10.6 Å². The molecule has 3 aromatic carbocycles. The van der Waals surface area contributed by atoms with Crippen LogP contribution in [0, 0.1) is 13.8 Å². The number of amides is 1. The molecule has 0 aliphatic rings. The van der Waals surface area contributed by atoms with Gasteiger partial charge in [0.2, 0.25) is 5.91 Å². The molecular formula is C25H23ClN2O3S. The number of anilines is 1. The van der Waals surface area contributed by atoms with Gasteiger partial charge in [0, 0.05) is 27.8 Å². The van der Waals surface area contributed by atoms with Crippen LogP contribution < -0.4 is 5.32 Å². The number of aryl methyl sites for hydroxylation is 2. The van der Waals surface area contributed by atoms with E-state index in [9.17, 15) is 13.2 Å². The first-order valence-corrected chi connectivity index (χ1v) is 12.2. The van der Waals surface area contributed by atoms with Crippen LogP contribution in [0.25, 0.3) is 10.9 Å². The lowest BCUT2D eigenvalue weighted by Crippen LogP contribution is -2.18. The molecule has 0 aliphatic heterocycles. The Kier molecular flexibility index (Phi) is 6.09. The zero-order chi connectivity index (χ0) is 22.9. The molecule has 0 unspecified atom stereocenters. The van der Waals surface area contributed by atoms with E-state index in [1.54, 1.807) is 47.2 Å². The van der Waals surface area contributed by atoms with E-state index in [1.165, 1.54) is 0 Å². The van der Waals surface area contributed by atoms with Crippen molar-refractivity contribution in [3.63, 3.8) is 0 Å². The molecule has 0 saturated carbocycles. The second-order valence-corrected chi connectivity index (χ2v) is 10.3. The second kappa shape index (κ2) is 8.81. The highest BCUT2D eigenvalue weighted by molar-refractivity contribution is 7.90. The summed E-state index contributed by atoms with van der Waals surface area (Å²) in [4.78, 5) is 12.9. The Morgan fingerprint density at radius 1 is 0.969 bits per heavy atom. The summed E-state index contributed by atoms with van der Waals surface area (Å²) in [6.45, 7) is 4.01. The van der Waals surface area contributed by atoms with Gasteiger partial charge in [0.15, 0.2) is 9.84 Å². The van der Waals surface area contributed by atoms with Gasteiger partial charge in [0.1, 0.15) is 6.54 Å². The zero-order valence-electron chi connectivity index (χ0n) is 17.8. The van der Waals surface area contributed by atoms with Gasteiger partial charge in [0.25, 0.3) is 0 Å². The number of hydrogen-bond acceptors (Lipinski definition) is 3. The normalized spacial score (nSPS) is 11.6. The molecule has 4 rings (SSSR count). The predicted molar refractivity (Wildman–Crippen MR) is 129 cm³/mol. The van der Waals surface area contributed by atoms with Crippen LogP contribution in [0.15, 0.2) is 77.8 Å². The molecule has 1 N–H and O–H groups in total. The smallest absolute Gasteiger partial charge is 0.244 e. The number of nitrogens with zero attached hydrogens (tertiary/aromatic N) is 1. The number of sulfone groups is 1. The van der Waals surface area contributed by atoms with Crippen molar-refractivity contribution in [1.82, 2.24) is 4.57 Å². The van der Waals surface area contributed by atoms with Crippen LogP contribution in [-0.2, 0) is 26.9 Å². The molecule has 0 aliphatic carbocycles. The largest absolute Gasteiger partial charge is 0.337 e. The number of aromatic nitrogens is 1. The molecule has 1 amide bonds. The molecule has 7 heteroatoms. The minimum atomic E-state index is -3.63. The topological polar surface area (TPSA) is 68.2 Å². The third-order valence-electron chi connectivity index (χ3n) is 5.46. The first-order valence-electron chi connectivity index (χ1n) is 10.1. The quantitative estimate of drug-likeness (QED) is 0.406. The SMILES string of the molecule is Cc1ccc(NC(=O)Cn2cc(S(=O)(=O)Cc3ccc(Cl)cc3)c3ccccc32)cc1C. The molecule has 0 radical (unpaired) electrons. The van der Waals surface area contributed by atoms with Crippen molar-refractivity contribution in [2.75, 3.05) is 5.32 Å². The monoisotopic (exact) mass is 466 g/mol. The summed E-state index contributed by atoms with van der Waals surface area (Å²) in [5.74, 6) is -0.372. The molecule has 0 fully saturated rings. The van der Waals surface area contributed by atoms with Crippen molar-refractivity contribution in [3.05, 3.63) is 94.6 Å². The van der Waals surface area contributed by atoms with Crippen LogP contribution in [0.4, 0.5) is 5.69 Å². The number of carbonyl (C=O) groups excluding carboxylic acids is 1. The van der Waals surface area contributed by atoms with Gasteiger partial charge in [-0.3, -0.25) is 4.79 Å². The summed E-state index contributed by atoms with van der Waals surface area (Å²) in [5.41, 5.74) is 4.29. The van der Waals surface area contributed by atoms with Crippen LogP contribution in [0.5, 0.6) is 0 Å². The average Bonchev–Trinajstić information content (AvgIpc) is 3.12. The number of halogens is 1. The number of para-hydroxylation sites is 1. The van der Waals surface area contributed by atoms with Gasteiger partial charge < -0.3 is 9.88 Å². The first kappa shape index (κ1) is 22.1. The second-order valence-electron chi connectivity index (χ2n) is 7.87. The number of carbonyl (C=O) groups is 1. The number of rotatable bonds is 6. The summed E-state index contributed by atoms with van der Waals surface area (Å²) >= 11 is 5.91. The fraction of sp³-hybridized carbons (Fsp3) is 0.160. The maximum atomic E-state index is 13.2. The van der Waals surface area contributed by atoms with Crippen LogP contribution in [0.1, 0.15) is 16.7 Å². The lowest BCUT2D eigenvalue weighted by molar-refractivity contribution is -0.116. The van der Waals surface area contributed by atoms with Crippen molar-refractivity contribution in [3.8, 4) is 0 Å². The third kappa shape index (κ3) is 4.71. The Bertz CT molecular complexity index is 1410. The van der Waals surface area contributed by atoms with Gasteiger partial charge in [-0.15, -0.1) is 0 Å². The average molecular weight is 467 g/mol. The summed E-state index contributed by atoms with van der Waals surface area (Å²) < 4.78 is 28.1. The lowest BCUT2D eigenvalue weighted by atomic mass is 10.1. The highest BCUT2D eigenvalue weighted by atomic mass is 35.5. The van der Waals surface area contributed by atoms with Crippen molar-refractivity contribution in [2.24, 2.45) is 0 Å². The Balaban J connectivity index is 1.62. The Morgan fingerprint density at radius 2 is 1.69 bits per heavy atom. The fourth-order valence-electron chi connectivity index (χ4n) is 3.64. The fourth-order valence-corrected chi connectivity index (χ4v) is 5.35. The maximum Gasteiger partial charge on any atom is 0.244 e. The maximum absolute atomic E-state index is 13.2. The van der Waals surface area contributed by atoms with Gasteiger partial charge in [-0.1, -0.05) is 48.0 Å². The predicted octanol–water partition coefficient (Wildman–Crippen LogP) is 5.52. The Hall–Kier alpha value is -3.09. The van der Waals surface area contributed by atoms with Crippen molar-refractivity contribution in [1.29, 1.82) is 0 Å². The molecule has 32 heavy (non-hydrogen) atoms. The van der Waals surface area contributed by atoms with Crippen LogP contribution in [0.2, 0.25) is 5.02 Å². The van der Waals surface area contributed by atoms with E-state index in [4.69, 9.17) is 11.6 Å². The van der Waals surface area contributed by atoms with Crippen molar-refractivity contribution in [2.45, 2.75) is 31.0 Å². The lowest BCUT2D eigenvalue weighted by Gasteiger charge is -2.09. The van der Waals surface area contributed by atoms with Crippen LogP contribution >= 0.6 is 11.6 Å². The molecule has 5 nitrogen and oxygen atoms in total. The van der Waals surface area contributed by atoms with E-state index in [-0.39, 0.29) is 23.1 Å². The number of hydrogen-bond donors (Lipinski definition) is 1. The van der Waals surface area contributed by atoms with Gasteiger partial charge in [-0.2, -0.15) is 0 Å². The van der Waals surface area contributed by atoms with Crippen LogP contribution in [0.3, 0.4) is 0 Å². The number of fused-ring (bicyclic) bond motifs is 1. The standard InChI is InChI=1S/C25H23ClN2O3S/c1-17-7-12-21(13-18(17)2)27-25(29)15-28-14-24(22-5-3-4-6-23(22)28)32(30,31)16-19-8-10-20(26)11-9-19/h3-14H,15-16H2,1-2H3,(H,27,29). The van der Waals surface area contributed by atoms with E-state index >= 15 is 0 Å². The molecule has 1 aromatic heterocycles. The highest BCUT2D eigenvalue weighted by Gasteiger charge is 2.22. The molecular weight excluding hydrogens is 444 g/mol. The Morgan fingerprint density at radius 3 is 2.41 bits per heavy atom. The van der Waals surface area contributed by atoms with E-state index in [1.807, 2.05) is 44.2 Å². The minimum Gasteiger partial charge on any atom is -0.337 e. The van der Waals surface area contributed by atoms with E-state index < -0.39 is 9.84 Å². The molecule has 0 bridgehead atoms. The van der Waals surface area contributed by atoms with E-state index in [2.05, 4.69) is 5.32 Å². The number of nitrogens with one attached hydrogen (secondary N) is 1. The molecule has 164 valence electrons. The molecule has 1 heterocycles. The third-order valence-corrected chi connectivity index (χ3v) is 7.42. The molecule has 0 saturated heterocycles. The highest BCUT2D eigenvalue weighted by Crippen LogP contribution is 2.28. The van der Waals surface area contributed by atoms with Crippen LogP contribution in [-0.4, -0.2) is 18.9 Å². The van der Waals surface area contributed by atoms with Gasteiger partial charge >= 0.3 is 0 Å². The summed E-state index contributed by atoms with van der Waals surface area (Å²) in [6.07, 6.45) is 1.55. The zero-order valence-corrected chi connectivity index (χ0v) is 19.4. The van der Waals surface area contributed by atoms with Crippen molar-refractivity contribution >= 4 is 43.9 Å². The molecule has 4 aromatic rings. The Labute approximate surface area is 192 Å². The summed E-state index contributed by atoms with van der Waals surface area (Å²) in [6, 6.07) is 19.7. The van der Waals surface area contributed by atoms with E-state index in [0.717, 1.165) is 11.1 Å². The summed E-state index contributed by atoms with van der Waals surface area (Å²) in [5, 5.41) is 4.05.